The van der Waals surface area contributed by atoms with Gasteiger partial charge in [-0.3, -0.25) is 4.79 Å². The monoisotopic (exact) mass is 561 g/mol. The molecule has 0 saturated carbocycles. The Kier molecular flexibility index (Phi) is 16.3. The lowest BCUT2D eigenvalue weighted by molar-refractivity contribution is -0.660. The molecule has 11 nitrogen and oxygen atoms in total. The fraction of sp³-hybridized carbons (Fsp3) is 0.414. The summed E-state index contributed by atoms with van der Waals surface area (Å²) in [5.74, 6) is -0.974. The van der Waals surface area contributed by atoms with Crippen molar-refractivity contribution in [2.75, 3.05) is 40.5 Å². The highest BCUT2D eigenvalue weighted by molar-refractivity contribution is 5.97. The van der Waals surface area contributed by atoms with Crippen molar-refractivity contribution in [1.29, 1.82) is 0 Å². The predicted octanol–water partition coefficient (Wildman–Crippen LogP) is 0.756. The van der Waals surface area contributed by atoms with Crippen molar-refractivity contribution in [1.82, 2.24) is 0 Å². The summed E-state index contributed by atoms with van der Waals surface area (Å²) >= 11 is 0. The van der Waals surface area contributed by atoms with Crippen LogP contribution in [-0.2, 0) is 27.4 Å². The number of hydrogen-bond donors (Lipinski definition) is 3. The SMILES string of the molecule is CCCOCc1ccc(OCC(O)C[NH2+]CCc2ccc(OC)c(OC)c2)c(C(C)=O)c1.O=C([O-])/C=C/C(=O)O. The molecule has 0 saturated heterocycles. The molecule has 2 aromatic carbocycles. The average Bonchev–Trinajstić information content (AvgIpc) is 2.93. The van der Waals surface area contributed by atoms with Gasteiger partial charge in [0.15, 0.2) is 17.3 Å². The highest BCUT2D eigenvalue weighted by atomic mass is 16.5. The number of ether oxygens (including phenoxy) is 4. The number of aliphatic hydroxyl groups is 1. The van der Waals surface area contributed by atoms with E-state index in [1.807, 2.05) is 29.6 Å². The maximum atomic E-state index is 12.0. The molecule has 0 radical (unpaired) electrons. The molecule has 2 aromatic rings. The largest absolute Gasteiger partial charge is 0.545 e. The molecular weight excluding hydrogens is 522 g/mol. The molecule has 0 aliphatic rings. The van der Waals surface area contributed by atoms with E-state index in [-0.39, 0.29) is 12.4 Å². The third-order valence-electron chi connectivity index (χ3n) is 5.36. The Balaban J connectivity index is 0.000000869. The van der Waals surface area contributed by atoms with Crippen LogP contribution < -0.4 is 24.6 Å². The summed E-state index contributed by atoms with van der Waals surface area (Å²) in [6, 6.07) is 11.3. The van der Waals surface area contributed by atoms with Crippen molar-refractivity contribution in [3.8, 4) is 17.2 Å². The number of carbonyl (C=O) groups excluding carboxylic acids is 2. The van der Waals surface area contributed by atoms with Gasteiger partial charge in [-0.25, -0.2) is 4.79 Å². The van der Waals surface area contributed by atoms with Crippen LogP contribution in [0.15, 0.2) is 48.6 Å². The Labute approximate surface area is 234 Å². The van der Waals surface area contributed by atoms with E-state index in [4.69, 9.17) is 24.1 Å². The van der Waals surface area contributed by atoms with E-state index in [0.717, 1.165) is 30.5 Å². The fourth-order valence-electron chi connectivity index (χ4n) is 3.41. The second kappa shape index (κ2) is 19.2. The molecule has 2 rings (SSSR count). The van der Waals surface area contributed by atoms with E-state index >= 15 is 0 Å². The van der Waals surface area contributed by atoms with Crippen LogP contribution >= 0.6 is 0 Å². The summed E-state index contributed by atoms with van der Waals surface area (Å²) in [6.45, 7) is 6.16. The highest BCUT2D eigenvalue weighted by Crippen LogP contribution is 2.27. The van der Waals surface area contributed by atoms with Crippen molar-refractivity contribution in [3.63, 3.8) is 0 Å². The first-order valence-electron chi connectivity index (χ1n) is 12.8. The predicted molar refractivity (Wildman–Crippen MR) is 145 cm³/mol. The van der Waals surface area contributed by atoms with Gasteiger partial charge in [-0.1, -0.05) is 19.1 Å². The number of Topliss-reactive ketones (excluding diaryl/α,β-unsaturated/α-hetero) is 1. The summed E-state index contributed by atoms with van der Waals surface area (Å²) in [6.07, 6.45) is 2.08. The summed E-state index contributed by atoms with van der Waals surface area (Å²) in [5.41, 5.74) is 2.58. The fourth-order valence-corrected chi connectivity index (χ4v) is 3.41. The minimum absolute atomic E-state index is 0.0756. The zero-order valence-corrected chi connectivity index (χ0v) is 23.4. The summed E-state index contributed by atoms with van der Waals surface area (Å²) < 4.78 is 21.9. The summed E-state index contributed by atoms with van der Waals surface area (Å²) in [5, 5.41) is 29.6. The van der Waals surface area contributed by atoms with Gasteiger partial charge < -0.3 is 44.4 Å². The molecule has 40 heavy (non-hydrogen) atoms. The second-order valence-corrected chi connectivity index (χ2v) is 8.65. The number of carboxylic acid groups (broad SMARTS) is 2. The molecular formula is C29H39NO10. The Hall–Kier alpha value is -3.93. The third kappa shape index (κ3) is 13.7. The molecule has 0 amide bonds. The second-order valence-electron chi connectivity index (χ2n) is 8.65. The minimum Gasteiger partial charge on any atom is -0.545 e. The summed E-state index contributed by atoms with van der Waals surface area (Å²) in [4.78, 5) is 31.0. The molecule has 0 heterocycles. The molecule has 11 heteroatoms. The Morgan fingerprint density at radius 2 is 1.68 bits per heavy atom. The van der Waals surface area contributed by atoms with E-state index in [2.05, 4.69) is 6.92 Å². The van der Waals surface area contributed by atoms with E-state index in [9.17, 15) is 24.6 Å². The molecule has 220 valence electrons. The van der Waals surface area contributed by atoms with Gasteiger partial charge in [-0.15, -0.1) is 0 Å². The van der Waals surface area contributed by atoms with Crippen molar-refractivity contribution < 1.29 is 54.0 Å². The van der Waals surface area contributed by atoms with Crippen molar-refractivity contribution in [2.24, 2.45) is 0 Å². The third-order valence-corrected chi connectivity index (χ3v) is 5.36. The van der Waals surface area contributed by atoms with Gasteiger partial charge >= 0.3 is 5.97 Å². The Bertz CT molecular complexity index is 1100. The zero-order valence-electron chi connectivity index (χ0n) is 23.4. The number of methoxy groups -OCH3 is 2. The summed E-state index contributed by atoms with van der Waals surface area (Å²) in [7, 11) is 3.24. The molecule has 4 N–H and O–H groups in total. The Morgan fingerprint density at radius 1 is 1.00 bits per heavy atom. The standard InChI is InChI=1S/C25H35NO6.C4H4O4/c1-5-12-31-16-20-7-8-23(22(13-20)18(2)27)32-17-21(28)15-26-11-10-19-6-9-24(29-3)25(14-19)30-4;5-3(6)1-2-4(7)8/h6-9,13-14,21,26,28H,5,10-12,15-17H2,1-4H3;1-2H,(H,5,6)(H,7,8)/b;2-1+. The molecule has 0 aromatic heterocycles. The van der Waals surface area contributed by atoms with Gasteiger partial charge in [0, 0.05) is 19.1 Å². The zero-order chi connectivity index (χ0) is 29.9. The smallest absolute Gasteiger partial charge is 0.328 e. The van der Waals surface area contributed by atoms with Gasteiger partial charge in [0.05, 0.1) is 38.9 Å². The van der Waals surface area contributed by atoms with Crippen LogP contribution in [0.3, 0.4) is 0 Å². The van der Waals surface area contributed by atoms with E-state index in [1.165, 1.54) is 6.92 Å². The molecule has 0 aliphatic carbocycles. The lowest BCUT2D eigenvalue weighted by Gasteiger charge is -2.15. The van der Waals surface area contributed by atoms with Gasteiger partial charge in [0.2, 0.25) is 0 Å². The van der Waals surface area contributed by atoms with Crippen molar-refractivity contribution >= 4 is 17.7 Å². The molecule has 0 aliphatic heterocycles. The molecule has 0 bridgehead atoms. The van der Waals surface area contributed by atoms with Crippen LogP contribution in [0.25, 0.3) is 0 Å². The molecule has 1 atom stereocenters. The normalized spacial score (nSPS) is 11.3. The first-order valence-corrected chi connectivity index (χ1v) is 12.8. The van der Waals surface area contributed by atoms with Gasteiger partial charge in [-0.05, 0) is 54.8 Å². The van der Waals surface area contributed by atoms with Crippen LogP contribution in [-0.4, -0.2) is 74.6 Å². The number of carbonyl (C=O) groups is 3. The maximum Gasteiger partial charge on any atom is 0.328 e. The number of carboxylic acids is 2. The van der Waals surface area contributed by atoms with E-state index in [0.29, 0.717) is 54.7 Å². The number of benzene rings is 2. The Morgan fingerprint density at radius 3 is 2.25 bits per heavy atom. The van der Waals surface area contributed by atoms with Gasteiger partial charge in [-0.2, -0.15) is 0 Å². The molecule has 0 spiro atoms. The average molecular weight is 562 g/mol. The van der Waals surface area contributed by atoms with Crippen molar-refractivity contribution in [3.05, 3.63) is 65.2 Å². The first-order chi connectivity index (χ1) is 19.1. The van der Waals surface area contributed by atoms with E-state index in [1.54, 1.807) is 26.4 Å². The van der Waals surface area contributed by atoms with Crippen LogP contribution in [0.1, 0.15) is 41.8 Å². The van der Waals surface area contributed by atoms with E-state index < -0.39 is 18.0 Å². The number of nitrogens with two attached hydrogens (primary N) is 1. The molecule has 0 fully saturated rings. The van der Waals surface area contributed by atoms with Crippen LogP contribution in [0.4, 0.5) is 0 Å². The number of ketones is 1. The first kappa shape index (κ1) is 34.1. The molecule has 1 unspecified atom stereocenters. The lowest BCUT2D eigenvalue weighted by atomic mass is 10.1. The van der Waals surface area contributed by atoms with Crippen LogP contribution in [0.2, 0.25) is 0 Å². The number of rotatable bonds is 17. The number of hydrogen-bond acceptors (Lipinski definition) is 9. The van der Waals surface area contributed by atoms with Gasteiger partial charge in [0.25, 0.3) is 0 Å². The minimum atomic E-state index is -1.51. The number of quaternary nitrogens is 1. The van der Waals surface area contributed by atoms with Crippen LogP contribution in [0.5, 0.6) is 17.2 Å². The quantitative estimate of drug-likeness (QED) is 0.142. The van der Waals surface area contributed by atoms with Crippen LogP contribution in [0, 0.1) is 0 Å². The number of aliphatic carboxylic acids is 2. The van der Waals surface area contributed by atoms with Gasteiger partial charge in [0.1, 0.15) is 25.0 Å². The lowest BCUT2D eigenvalue weighted by Crippen LogP contribution is -2.87. The topological polar surface area (TPSA) is 168 Å². The number of aliphatic hydroxyl groups excluding tert-OH is 1. The van der Waals surface area contributed by atoms with Crippen molar-refractivity contribution in [2.45, 2.75) is 39.4 Å². The maximum absolute atomic E-state index is 12.0. The highest BCUT2D eigenvalue weighted by Gasteiger charge is 2.13.